The van der Waals surface area contributed by atoms with Crippen LogP contribution in [0.3, 0.4) is 0 Å². The van der Waals surface area contributed by atoms with E-state index in [1.54, 1.807) is 0 Å². The summed E-state index contributed by atoms with van der Waals surface area (Å²) in [6, 6.07) is 16.1. The molecule has 0 amide bonds. The molecule has 5 rings (SSSR count). The van der Waals surface area contributed by atoms with Crippen LogP contribution in [0.15, 0.2) is 54.7 Å². The van der Waals surface area contributed by atoms with E-state index in [1.165, 1.54) is 5.56 Å². The van der Waals surface area contributed by atoms with Gasteiger partial charge >= 0.3 is 0 Å². The van der Waals surface area contributed by atoms with Gasteiger partial charge in [0.15, 0.2) is 11.5 Å². The molecule has 2 N–H and O–H groups in total. The van der Waals surface area contributed by atoms with Gasteiger partial charge in [-0.15, -0.1) is 0 Å². The third kappa shape index (κ3) is 3.33. The fraction of sp³-hybridized carbons (Fsp3) is 0.273. The number of nitrogens with two attached hydrogens (primary N) is 1. The van der Waals surface area contributed by atoms with E-state index in [0.717, 1.165) is 54.5 Å². The number of aromatic nitrogens is 2. The van der Waals surface area contributed by atoms with Crippen molar-refractivity contribution < 1.29 is 9.47 Å². The van der Waals surface area contributed by atoms with Crippen molar-refractivity contribution in [1.29, 1.82) is 0 Å². The summed E-state index contributed by atoms with van der Waals surface area (Å²) in [5.41, 5.74) is 8.90. The van der Waals surface area contributed by atoms with Crippen LogP contribution in [0.5, 0.6) is 11.5 Å². The number of pyridine rings is 2. The molecule has 2 aliphatic heterocycles. The van der Waals surface area contributed by atoms with Crippen molar-refractivity contribution in [3.63, 3.8) is 0 Å². The highest BCUT2D eigenvalue weighted by Crippen LogP contribution is 2.36. The second-order valence-electron chi connectivity index (χ2n) is 7.35. The van der Waals surface area contributed by atoms with E-state index in [1.807, 2.05) is 36.5 Å². The largest absolute Gasteiger partial charge is 0.454 e. The predicted octanol–water partition coefficient (Wildman–Crippen LogP) is 3.52. The zero-order valence-corrected chi connectivity index (χ0v) is 15.5. The fourth-order valence-electron chi connectivity index (χ4n) is 3.91. The van der Waals surface area contributed by atoms with Crippen LogP contribution >= 0.6 is 0 Å². The average molecular weight is 374 g/mol. The van der Waals surface area contributed by atoms with Crippen LogP contribution in [0, 0.1) is 5.92 Å². The average Bonchev–Trinajstić information content (AvgIpc) is 3.39. The standard InChI is InChI=1S/C22H22N4O2/c23-21-7-4-15(12-24-21)10-16-8-9-26(13-16)22-3-1-2-18(25-22)17-5-6-19-20(11-17)28-14-27-19/h1-7,11-12,16H,8-10,13-14H2,(H2,23,24). The molecule has 6 heteroatoms. The summed E-state index contributed by atoms with van der Waals surface area (Å²) in [5, 5.41) is 0. The molecule has 2 aliphatic rings. The minimum Gasteiger partial charge on any atom is -0.454 e. The van der Waals surface area contributed by atoms with Gasteiger partial charge in [-0.25, -0.2) is 9.97 Å². The summed E-state index contributed by atoms with van der Waals surface area (Å²) in [5.74, 6) is 3.76. The molecule has 142 valence electrons. The fourth-order valence-corrected chi connectivity index (χ4v) is 3.91. The molecule has 1 unspecified atom stereocenters. The summed E-state index contributed by atoms with van der Waals surface area (Å²) in [4.78, 5) is 11.5. The summed E-state index contributed by atoms with van der Waals surface area (Å²) >= 11 is 0. The third-order valence-electron chi connectivity index (χ3n) is 5.38. The van der Waals surface area contributed by atoms with E-state index in [9.17, 15) is 0 Å². The van der Waals surface area contributed by atoms with Crippen LogP contribution in [0.1, 0.15) is 12.0 Å². The monoisotopic (exact) mass is 374 g/mol. The SMILES string of the molecule is Nc1ccc(CC2CCN(c3cccc(-c4ccc5c(c4)OCO5)n3)C2)cn1. The number of nitrogens with zero attached hydrogens (tertiary/aromatic N) is 3. The molecule has 0 saturated carbocycles. The zero-order valence-electron chi connectivity index (χ0n) is 15.5. The molecular formula is C22H22N4O2. The lowest BCUT2D eigenvalue weighted by atomic mass is 10.00. The summed E-state index contributed by atoms with van der Waals surface area (Å²) < 4.78 is 10.9. The molecule has 2 aromatic heterocycles. The van der Waals surface area contributed by atoms with Gasteiger partial charge in [0.2, 0.25) is 6.79 Å². The van der Waals surface area contributed by atoms with E-state index < -0.39 is 0 Å². The Kier molecular flexibility index (Phi) is 4.24. The molecule has 28 heavy (non-hydrogen) atoms. The summed E-state index contributed by atoms with van der Waals surface area (Å²) in [6.07, 6.45) is 4.06. The molecule has 3 aromatic rings. The Morgan fingerprint density at radius 3 is 2.89 bits per heavy atom. The second-order valence-corrected chi connectivity index (χ2v) is 7.35. The van der Waals surface area contributed by atoms with Crippen molar-refractivity contribution in [3.05, 3.63) is 60.3 Å². The van der Waals surface area contributed by atoms with E-state index >= 15 is 0 Å². The minimum atomic E-state index is 0.283. The minimum absolute atomic E-state index is 0.283. The van der Waals surface area contributed by atoms with E-state index in [0.29, 0.717) is 11.7 Å². The lowest BCUT2D eigenvalue weighted by Gasteiger charge is -2.18. The van der Waals surface area contributed by atoms with Gasteiger partial charge in [-0.3, -0.25) is 0 Å². The predicted molar refractivity (Wildman–Crippen MR) is 108 cm³/mol. The van der Waals surface area contributed by atoms with E-state index in [-0.39, 0.29) is 6.79 Å². The van der Waals surface area contributed by atoms with Crippen molar-refractivity contribution in [2.45, 2.75) is 12.8 Å². The van der Waals surface area contributed by atoms with Crippen molar-refractivity contribution in [2.75, 3.05) is 30.5 Å². The van der Waals surface area contributed by atoms with Crippen LogP contribution in [-0.2, 0) is 6.42 Å². The number of ether oxygens (including phenoxy) is 2. The molecule has 0 aliphatic carbocycles. The first-order valence-corrected chi connectivity index (χ1v) is 9.57. The molecule has 0 bridgehead atoms. The highest BCUT2D eigenvalue weighted by molar-refractivity contribution is 5.66. The van der Waals surface area contributed by atoms with Crippen LogP contribution < -0.4 is 20.1 Å². The molecule has 0 spiro atoms. The van der Waals surface area contributed by atoms with Crippen molar-refractivity contribution in [2.24, 2.45) is 5.92 Å². The van der Waals surface area contributed by atoms with Gasteiger partial charge in [-0.05, 0) is 60.7 Å². The maximum absolute atomic E-state index is 5.68. The van der Waals surface area contributed by atoms with Crippen LogP contribution in [0.4, 0.5) is 11.6 Å². The maximum Gasteiger partial charge on any atom is 0.231 e. The maximum atomic E-state index is 5.68. The third-order valence-corrected chi connectivity index (χ3v) is 5.38. The molecular weight excluding hydrogens is 352 g/mol. The Morgan fingerprint density at radius 2 is 2.00 bits per heavy atom. The highest BCUT2D eigenvalue weighted by Gasteiger charge is 2.24. The van der Waals surface area contributed by atoms with Crippen LogP contribution in [-0.4, -0.2) is 29.9 Å². The first kappa shape index (κ1) is 16.9. The van der Waals surface area contributed by atoms with Gasteiger partial charge in [0.25, 0.3) is 0 Å². The van der Waals surface area contributed by atoms with Gasteiger partial charge in [-0.1, -0.05) is 12.1 Å². The Labute approximate surface area is 163 Å². The Bertz CT molecular complexity index is 990. The molecule has 4 heterocycles. The van der Waals surface area contributed by atoms with Gasteiger partial charge in [0.05, 0.1) is 5.69 Å². The van der Waals surface area contributed by atoms with Gasteiger partial charge in [0.1, 0.15) is 11.6 Å². The molecule has 1 fully saturated rings. The molecule has 0 radical (unpaired) electrons. The zero-order chi connectivity index (χ0) is 18.9. The Morgan fingerprint density at radius 1 is 1.07 bits per heavy atom. The molecule has 1 aromatic carbocycles. The number of fused-ring (bicyclic) bond motifs is 1. The van der Waals surface area contributed by atoms with Crippen LogP contribution in [0.2, 0.25) is 0 Å². The summed E-state index contributed by atoms with van der Waals surface area (Å²) in [6.45, 7) is 2.30. The number of benzene rings is 1. The lowest BCUT2D eigenvalue weighted by molar-refractivity contribution is 0.174. The first-order valence-electron chi connectivity index (χ1n) is 9.57. The highest BCUT2D eigenvalue weighted by atomic mass is 16.7. The van der Waals surface area contributed by atoms with Crippen molar-refractivity contribution in [3.8, 4) is 22.8 Å². The quantitative estimate of drug-likeness (QED) is 0.753. The Hall–Kier alpha value is -3.28. The smallest absolute Gasteiger partial charge is 0.231 e. The normalized spacial score (nSPS) is 17.9. The second kappa shape index (κ2) is 7.03. The number of rotatable bonds is 4. The number of nitrogen functional groups attached to an aromatic ring is 1. The summed E-state index contributed by atoms with van der Waals surface area (Å²) in [7, 11) is 0. The van der Waals surface area contributed by atoms with Crippen molar-refractivity contribution >= 4 is 11.6 Å². The van der Waals surface area contributed by atoms with Crippen molar-refractivity contribution in [1.82, 2.24) is 9.97 Å². The molecule has 1 saturated heterocycles. The van der Waals surface area contributed by atoms with Gasteiger partial charge < -0.3 is 20.1 Å². The van der Waals surface area contributed by atoms with Crippen LogP contribution in [0.25, 0.3) is 11.3 Å². The topological polar surface area (TPSA) is 73.5 Å². The Balaban J connectivity index is 1.31. The number of hydrogen-bond donors (Lipinski definition) is 1. The van der Waals surface area contributed by atoms with E-state index in [2.05, 4.69) is 28.1 Å². The van der Waals surface area contributed by atoms with Gasteiger partial charge in [-0.2, -0.15) is 0 Å². The number of hydrogen-bond acceptors (Lipinski definition) is 6. The number of anilines is 2. The van der Waals surface area contributed by atoms with Gasteiger partial charge in [0, 0.05) is 24.8 Å². The lowest BCUT2D eigenvalue weighted by Crippen LogP contribution is -2.21. The van der Waals surface area contributed by atoms with E-state index in [4.69, 9.17) is 20.2 Å². The molecule has 6 nitrogen and oxygen atoms in total. The molecule has 1 atom stereocenters. The first-order chi connectivity index (χ1) is 13.7.